The quantitative estimate of drug-likeness (QED) is 0.556. The van der Waals surface area contributed by atoms with E-state index in [1.54, 1.807) is 43.3 Å². The van der Waals surface area contributed by atoms with E-state index in [0.717, 1.165) is 10.5 Å². The van der Waals surface area contributed by atoms with Crippen LogP contribution >= 0.6 is 0 Å². The molecule has 2 aromatic heterocycles. The summed E-state index contributed by atoms with van der Waals surface area (Å²) in [6.45, 7) is 3.17. The second-order valence-corrected chi connectivity index (χ2v) is 8.09. The number of rotatable bonds is 5. The lowest BCUT2D eigenvalue weighted by Gasteiger charge is -2.22. The molecule has 2 aliphatic rings. The van der Waals surface area contributed by atoms with Gasteiger partial charge in [-0.1, -0.05) is 17.7 Å². The van der Waals surface area contributed by atoms with Crippen molar-refractivity contribution in [3.63, 3.8) is 0 Å². The molecule has 0 saturated carbocycles. The molecule has 9 heteroatoms. The van der Waals surface area contributed by atoms with Crippen LogP contribution in [0.3, 0.4) is 0 Å². The van der Waals surface area contributed by atoms with Crippen LogP contribution in [0.1, 0.15) is 36.5 Å². The third kappa shape index (κ3) is 3.61. The van der Waals surface area contributed by atoms with Crippen LogP contribution in [0, 0.1) is 6.92 Å². The third-order valence-electron chi connectivity index (χ3n) is 5.90. The van der Waals surface area contributed by atoms with Gasteiger partial charge in [-0.05, 0) is 50.2 Å². The molecule has 0 unspecified atom stereocenters. The van der Waals surface area contributed by atoms with Crippen molar-refractivity contribution in [3.8, 4) is 0 Å². The second kappa shape index (κ2) is 8.09. The van der Waals surface area contributed by atoms with Crippen LogP contribution in [0.25, 0.3) is 0 Å². The fourth-order valence-electron chi connectivity index (χ4n) is 4.15. The molecule has 0 radical (unpaired) electrons. The molecule has 2 aliphatic heterocycles. The Hall–Kier alpha value is -4.14. The highest BCUT2D eigenvalue weighted by atomic mass is 16.3. The molecule has 0 bridgehead atoms. The van der Waals surface area contributed by atoms with Crippen LogP contribution in [0.5, 0.6) is 0 Å². The standard InChI is InChI=1S/C24H22N4O5/c1-15-7-9-17(10-8-15)27-16(2)23(30)26(24(27)31)14-22(29)28-19(21-6-4-12-33-21)13-18(25-28)20-5-3-11-32-20/h3-12,16,19H,13-14H2,1-2H3/t16-,19-/m1/s1. The first-order valence-electron chi connectivity index (χ1n) is 10.6. The third-order valence-corrected chi connectivity index (χ3v) is 5.90. The number of nitrogens with zero attached hydrogens (tertiary/aromatic N) is 4. The van der Waals surface area contributed by atoms with Crippen LogP contribution in [0.15, 0.2) is 75.0 Å². The van der Waals surface area contributed by atoms with E-state index in [-0.39, 0.29) is 0 Å². The van der Waals surface area contributed by atoms with Gasteiger partial charge in [0.25, 0.3) is 11.8 Å². The van der Waals surface area contributed by atoms with Gasteiger partial charge in [0, 0.05) is 12.1 Å². The molecule has 33 heavy (non-hydrogen) atoms. The molecule has 1 saturated heterocycles. The average Bonchev–Trinajstić information content (AvgIpc) is 3.60. The van der Waals surface area contributed by atoms with Gasteiger partial charge in [-0.25, -0.2) is 9.80 Å². The Morgan fingerprint density at radius 2 is 1.79 bits per heavy atom. The maximum absolute atomic E-state index is 13.3. The van der Waals surface area contributed by atoms with Crippen molar-refractivity contribution in [2.45, 2.75) is 32.4 Å². The molecule has 9 nitrogen and oxygen atoms in total. The Morgan fingerprint density at radius 3 is 2.45 bits per heavy atom. The van der Waals surface area contributed by atoms with E-state index >= 15 is 0 Å². The van der Waals surface area contributed by atoms with Gasteiger partial charge in [0.05, 0.1) is 12.5 Å². The summed E-state index contributed by atoms with van der Waals surface area (Å²) < 4.78 is 11.0. The Morgan fingerprint density at radius 1 is 1.06 bits per heavy atom. The Labute approximate surface area is 189 Å². The predicted molar refractivity (Wildman–Crippen MR) is 118 cm³/mol. The van der Waals surface area contributed by atoms with Crippen molar-refractivity contribution in [3.05, 3.63) is 78.1 Å². The smallest absolute Gasteiger partial charge is 0.332 e. The normalized spacial score (nSPS) is 20.7. The zero-order valence-corrected chi connectivity index (χ0v) is 18.2. The monoisotopic (exact) mass is 446 g/mol. The van der Waals surface area contributed by atoms with Gasteiger partial charge in [0.15, 0.2) is 0 Å². The van der Waals surface area contributed by atoms with Crippen LogP contribution in [0.4, 0.5) is 10.5 Å². The topological polar surface area (TPSA) is 99.6 Å². The summed E-state index contributed by atoms with van der Waals surface area (Å²) in [7, 11) is 0. The van der Waals surface area contributed by atoms with Crippen molar-refractivity contribution in [1.29, 1.82) is 0 Å². The molecule has 3 aromatic rings. The number of anilines is 1. The maximum atomic E-state index is 13.3. The number of hydrazone groups is 1. The molecular weight excluding hydrogens is 424 g/mol. The van der Waals surface area contributed by atoms with Crippen LogP contribution in [-0.2, 0) is 9.59 Å². The average molecular weight is 446 g/mol. The summed E-state index contributed by atoms with van der Waals surface area (Å²) in [6, 6.07) is 12.6. The lowest BCUT2D eigenvalue weighted by molar-refractivity contribution is -0.138. The number of furan rings is 2. The highest BCUT2D eigenvalue weighted by molar-refractivity contribution is 6.15. The van der Waals surface area contributed by atoms with E-state index in [0.29, 0.717) is 29.3 Å². The van der Waals surface area contributed by atoms with Gasteiger partial charge in [-0.15, -0.1) is 0 Å². The first-order chi connectivity index (χ1) is 15.9. The van der Waals surface area contributed by atoms with E-state index in [9.17, 15) is 14.4 Å². The minimum absolute atomic E-state index is 0.389. The number of hydrogen-bond acceptors (Lipinski definition) is 6. The zero-order chi connectivity index (χ0) is 23.1. The largest absolute Gasteiger partial charge is 0.467 e. The van der Waals surface area contributed by atoms with Gasteiger partial charge in [0.1, 0.15) is 35.9 Å². The van der Waals surface area contributed by atoms with Crippen LogP contribution in [-0.4, -0.2) is 46.1 Å². The predicted octanol–water partition coefficient (Wildman–Crippen LogP) is 3.72. The summed E-state index contributed by atoms with van der Waals surface area (Å²) in [5.74, 6) is 0.187. The summed E-state index contributed by atoms with van der Waals surface area (Å²) in [4.78, 5) is 41.7. The molecule has 4 amide bonds. The lowest BCUT2D eigenvalue weighted by Crippen LogP contribution is -2.42. The Bertz CT molecular complexity index is 1210. The molecule has 4 heterocycles. The first kappa shape index (κ1) is 20.7. The molecule has 0 aliphatic carbocycles. The summed E-state index contributed by atoms with van der Waals surface area (Å²) in [6.07, 6.45) is 3.45. The molecule has 0 spiro atoms. The summed E-state index contributed by atoms with van der Waals surface area (Å²) in [5.41, 5.74) is 2.23. The van der Waals surface area contributed by atoms with Gasteiger partial charge in [-0.2, -0.15) is 5.10 Å². The summed E-state index contributed by atoms with van der Waals surface area (Å²) in [5, 5.41) is 5.72. The van der Waals surface area contributed by atoms with Crippen molar-refractivity contribution in [2.75, 3.05) is 11.4 Å². The van der Waals surface area contributed by atoms with Crippen LogP contribution in [0.2, 0.25) is 0 Å². The highest BCUT2D eigenvalue weighted by Gasteiger charge is 2.46. The number of benzene rings is 1. The molecule has 1 fully saturated rings. The fourth-order valence-corrected chi connectivity index (χ4v) is 4.15. The Kier molecular flexibility index (Phi) is 5.08. The maximum Gasteiger partial charge on any atom is 0.332 e. The van der Waals surface area contributed by atoms with Gasteiger partial charge in [0.2, 0.25) is 0 Å². The van der Waals surface area contributed by atoms with Gasteiger partial charge in [-0.3, -0.25) is 19.4 Å². The van der Waals surface area contributed by atoms with Crippen molar-refractivity contribution >= 4 is 29.2 Å². The van der Waals surface area contributed by atoms with Crippen LogP contribution < -0.4 is 4.90 Å². The van der Waals surface area contributed by atoms with E-state index in [2.05, 4.69) is 5.10 Å². The van der Waals surface area contributed by atoms with Crippen molar-refractivity contribution in [2.24, 2.45) is 5.10 Å². The number of urea groups is 1. The van der Waals surface area contributed by atoms with E-state index in [4.69, 9.17) is 8.83 Å². The number of imide groups is 1. The molecule has 5 rings (SSSR count). The number of amides is 4. The molecular formula is C24H22N4O5. The number of carbonyl (C=O) groups excluding carboxylic acids is 3. The van der Waals surface area contributed by atoms with Gasteiger partial charge < -0.3 is 8.83 Å². The minimum Gasteiger partial charge on any atom is -0.467 e. The zero-order valence-electron chi connectivity index (χ0n) is 18.2. The van der Waals surface area contributed by atoms with Gasteiger partial charge >= 0.3 is 6.03 Å². The number of aryl methyl sites for hydroxylation is 1. The van der Waals surface area contributed by atoms with Crippen molar-refractivity contribution in [1.82, 2.24) is 9.91 Å². The highest BCUT2D eigenvalue weighted by Crippen LogP contribution is 2.34. The second-order valence-electron chi connectivity index (χ2n) is 8.09. The molecule has 2 atom stereocenters. The van der Waals surface area contributed by atoms with E-state index < -0.39 is 36.5 Å². The minimum atomic E-state index is -0.713. The SMILES string of the molecule is Cc1ccc(N2C(=O)N(CC(=O)N3N=C(c4ccco4)C[C@@H]3c3ccco3)C(=O)[C@H]2C)cc1. The van der Waals surface area contributed by atoms with E-state index in [1.165, 1.54) is 22.4 Å². The molecule has 0 N–H and O–H groups in total. The van der Waals surface area contributed by atoms with E-state index in [1.807, 2.05) is 19.1 Å². The Balaban J connectivity index is 1.39. The first-order valence-corrected chi connectivity index (χ1v) is 10.6. The fraction of sp³-hybridized carbons (Fsp3) is 0.250. The summed E-state index contributed by atoms with van der Waals surface area (Å²) >= 11 is 0. The molecule has 168 valence electrons. The lowest BCUT2D eigenvalue weighted by atomic mass is 10.1. The number of hydrogen-bond donors (Lipinski definition) is 0. The van der Waals surface area contributed by atoms with Crippen molar-refractivity contribution < 1.29 is 23.2 Å². The molecule has 1 aromatic carbocycles. The number of carbonyl (C=O) groups is 3.